The van der Waals surface area contributed by atoms with Crippen molar-refractivity contribution < 1.29 is 24.6 Å². The van der Waals surface area contributed by atoms with Crippen molar-refractivity contribution in [1.29, 1.82) is 0 Å². The summed E-state index contributed by atoms with van der Waals surface area (Å²) in [7, 11) is 1.48. The van der Waals surface area contributed by atoms with Crippen molar-refractivity contribution >= 4 is 51.2 Å². The first kappa shape index (κ1) is 28.1. The van der Waals surface area contributed by atoms with Crippen LogP contribution in [-0.4, -0.2) is 65.4 Å². The number of phenolic OH excluding ortho intramolecular Hbond substituents is 1. The molecule has 4 N–H and O–H groups in total. The number of phenols is 1. The van der Waals surface area contributed by atoms with Gasteiger partial charge >= 0.3 is 5.97 Å². The zero-order valence-electron chi connectivity index (χ0n) is 19.6. The fourth-order valence-corrected chi connectivity index (χ4v) is 4.14. The number of likely N-dealkylation sites (N-methyl/N-ethyl adjacent to an activating group) is 1. The molecule has 1 heterocycles. The predicted octanol–water partition coefficient (Wildman–Crippen LogP) is 3.53. The van der Waals surface area contributed by atoms with E-state index in [1.54, 1.807) is 18.2 Å². The van der Waals surface area contributed by atoms with Crippen molar-refractivity contribution in [3.05, 3.63) is 62.6 Å². The molecular weight excluding hydrogens is 540 g/mol. The minimum Gasteiger partial charge on any atom is -0.506 e. The maximum Gasteiger partial charge on any atom is 0.305 e. The first-order valence-corrected chi connectivity index (χ1v) is 11.9. The summed E-state index contributed by atoms with van der Waals surface area (Å²) in [5, 5.41) is 25.3. The van der Waals surface area contributed by atoms with E-state index in [1.807, 2.05) is 19.9 Å². The van der Waals surface area contributed by atoms with Gasteiger partial charge < -0.3 is 25.7 Å². The van der Waals surface area contributed by atoms with E-state index in [0.29, 0.717) is 5.56 Å². The summed E-state index contributed by atoms with van der Waals surface area (Å²) in [6.45, 7) is 5.55. The van der Waals surface area contributed by atoms with Crippen LogP contribution in [0.25, 0.3) is 0 Å². The highest BCUT2D eigenvalue weighted by molar-refractivity contribution is 9.10. The fraction of sp³-hybridized carbons (Fsp3) is 0.333. The van der Waals surface area contributed by atoms with E-state index >= 15 is 0 Å². The van der Waals surface area contributed by atoms with Crippen molar-refractivity contribution in [1.82, 2.24) is 15.5 Å². The van der Waals surface area contributed by atoms with Gasteiger partial charge in [0.2, 0.25) is 5.91 Å². The summed E-state index contributed by atoms with van der Waals surface area (Å²) in [6, 6.07) is 8.78. The second kappa shape index (κ2) is 13.1. The van der Waals surface area contributed by atoms with Gasteiger partial charge in [-0.3, -0.25) is 19.4 Å². The number of nitrogens with zero attached hydrogens (tertiary/aromatic N) is 2. The summed E-state index contributed by atoms with van der Waals surface area (Å²) in [4.78, 5) is 41.5. The lowest BCUT2D eigenvalue weighted by Gasteiger charge is -2.22. The lowest BCUT2D eigenvalue weighted by atomic mass is 10.0. The first-order valence-electron chi connectivity index (χ1n) is 10.7. The van der Waals surface area contributed by atoms with Crippen LogP contribution in [0, 0.1) is 6.92 Å². The van der Waals surface area contributed by atoms with Crippen LogP contribution in [0.1, 0.15) is 40.9 Å². The third kappa shape index (κ3) is 8.88. The van der Waals surface area contributed by atoms with Gasteiger partial charge in [0.25, 0.3) is 5.91 Å². The predicted molar refractivity (Wildman–Crippen MR) is 138 cm³/mol. The van der Waals surface area contributed by atoms with Crippen molar-refractivity contribution in [3.8, 4) is 5.75 Å². The number of carboxylic acid groups (broad SMARTS) is 1. The van der Waals surface area contributed by atoms with Gasteiger partial charge in [-0.15, -0.1) is 0 Å². The van der Waals surface area contributed by atoms with Crippen molar-refractivity contribution in [2.24, 2.45) is 4.99 Å². The van der Waals surface area contributed by atoms with Crippen LogP contribution >= 0.6 is 27.5 Å². The average molecular weight is 568 g/mol. The number of amides is 2. The zero-order valence-corrected chi connectivity index (χ0v) is 22.0. The SMILES string of the molecule is CC1=NCCN1.Cc1cccc(C(=O)N(C)CC(=O)NC(CC(=O)O)c2cc(Cl)cc(Br)c2O)c1. The molecule has 2 amide bonds. The molecule has 0 bridgehead atoms. The van der Waals surface area contributed by atoms with Gasteiger partial charge in [-0.25, -0.2) is 0 Å². The monoisotopic (exact) mass is 566 g/mol. The van der Waals surface area contributed by atoms with Gasteiger partial charge in [-0.2, -0.15) is 0 Å². The Labute approximate surface area is 217 Å². The highest BCUT2D eigenvalue weighted by atomic mass is 79.9. The van der Waals surface area contributed by atoms with E-state index in [-0.39, 0.29) is 33.3 Å². The van der Waals surface area contributed by atoms with Crippen LogP contribution in [0.15, 0.2) is 45.9 Å². The molecule has 1 atom stereocenters. The number of aryl methyl sites for hydroxylation is 1. The highest BCUT2D eigenvalue weighted by Crippen LogP contribution is 2.36. The third-order valence-electron chi connectivity index (χ3n) is 4.98. The molecule has 0 saturated carbocycles. The van der Waals surface area contributed by atoms with Crippen LogP contribution in [-0.2, 0) is 9.59 Å². The fourth-order valence-electron chi connectivity index (χ4n) is 3.31. The molecule has 0 spiro atoms. The van der Waals surface area contributed by atoms with Crippen molar-refractivity contribution in [3.63, 3.8) is 0 Å². The number of halogens is 2. The Balaban J connectivity index is 0.000000625. The number of carbonyl (C=O) groups excluding carboxylic acids is 2. The molecule has 0 aliphatic carbocycles. The Morgan fingerprint density at radius 1 is 1.26 bits per heavy atom. The molecule has 0 saturated heterocycles. The lowest BCUT2D eigenvalue weighted by Crippen LogP contribution is -2.40. The normalized spacial score (nSPS) is 13.0. The second-order valence-electron chi connectivity index (χ2n) is 7.97. The van der Waals surface area contributed by atoms with E-state index in [1.165, 1.54) is 24.1 Å². The number of hydrogen-bond acceptors (Lipinski definition) is 6. The molecule has 35 heavy (non-hydrogen) atoms. The molecule has 0 fully saturated rings. The summed E-state index contributed by atoms with van der Waals surface area (Å²) in [6.07, 6.45) is -0.471. The standard InChI is InChI=1S/C20H20BrClN2O5.C4H8N2/c1-11-4-3-5-12(6-11)20(29)24(2)10-17(25)23-16(9-18(26)27)14-7-13(22)8-15(21)19(14)28;1-4-5-2-3-6-4/h3-8,16,28H,9-10H2,1-2H3,(H,23,25)(H,26,27);2-3H2,1H3,(H,5,6). The number of carbonyl (C=O) groups is 3. The van der Waals surface area contributed by atoms with Crippen LogP contribution in [0.4, 0.5) is 0 Å². The van der Waals surface area contributed by atoms with Gasteiger partial charge in [0.15, 0.2) is 0 Å². The molecule has 1 unspecified atom stereocenters. The number of rotatable bonds is 7. The van der Waals surface area contributed by atoms with E-state index in [0.717, 1.165) is 24.5 Å². The number of hydrogen-bond donors (Lipinski definition) is 4. The van der Waals surface area contributed by atoms with Gasteiger partial charge in [-0.05, 0) is 54.0 Å². The summed E-state index contributed by atoms with van der Waals surface area (Å²) < 4.78 is 0.274. The van der Waals surface area contributed by atoms with E-state index in [9.17, 15) is 24.6 Å². The molecule has 2 aromatic carbocycles. The molecule has 0 radical (unpaired) electrons. The molecule has 2 aromatic rings. The second-order valence-corrected chi connectivity index (χ2v) is 9.26. The van der Waals surface area contributed by atoms with Crippen LogP contribution in [0.2, 0.25) is 5.02 Å². The molecule has 3 rings (SSSR count). The Bertz CT molecular complexity index is 1130. The number of aromatic hydroxyl groups is 1. The van der Waals surface area contributed by atoms with Gasteiger partial charge in [0.1, 0.15) is 5.75 Å². The van der Waals surface area contributed by atoms with E-state index < -0.39 is 24.3 Å². The van der Waals surface area contributed by atoms with Crippen LogP contribution in [0.3, 0.4) is 0 Å². The highest BCUT2D eigenvalue weighted by Gasteiger charge is 2.24. The Hall–Kier alpha value is -3.11. The zero-order chi connectivity index (χ0) is 26.1. The lowest BCUT2D eigenvalue weighted by molar-refractivity contribution is -0.137. The molecule has 9 nitrogen and oxygen atoms in total. The molecule has 11 heteroatoms. The number of benzene rings is 2. The Kier molecular flexibility index (Phi) is 10.5. The molecule has 1 aliphatic rings. The topological polar surface area (TPSA) is 131 Å². The Morgan fingerprint density at radius 3 is 2.51 bits per heavy atom. The maximum absolute atomic E-state index is 12.5. The minimum absolute atomic E-state index is 0.160. The Morgan fingerprint density at radius 2 is 1.97 bits per heavy atom. The maximum atomic E-state index is 12.5. The minimum atomic E-state index is -1.17. The van der Waals surface area contributed by atoms with Crippen LogP contribution in [0.5, 0.6) is 5.75 Å². The van der Waals surface area contributed by atoms with Gasteiger partial charge in [-0.1, -0.05) is 29.3 Å². The number of nitrogens with one attached hydrogen (secondary N) is 2. The number of amidine groups is 1. The average Bonchev–Trinajstić information content (AvgIpc) is 3.26. The third-order valence-corrected chi connectivity index (χ3v) is 5.80. The first-order chi connectivity index (χ1) is 16.5. The van der Waals surface area contributed by atoms with E-state index in [4.69, 9.17) is 11.6 Å². The van der Waals surface area contributed by atoms with Crippen molar-refractivity contribution in [2.75, 3.05) is 26.7 Å². The molecular formula is C24H28BrClN4O5. The van der Waals surface area contributed by atoms with Crippen LogP contribution < -0.4 is 10.6 Å². The quantitative estimate of drug-likeness (QED) is 0.405. The smallest absolute Gasteiger partial charge is 0.305 e. The van der Waals surface area contributed by atoms with E-state index in [2.05, 4.69) is 31.6 Å². The summed E-state index contributed by atoms with van der Waals surface area (Å²) in [5.74, 6) is -1.22. The van der Waals surface area contributed by atoms with Gasteiger partial charge in [0.05, 0.1) is 35.9 Å². The molecule has 188 valence electrons. The number of carboxylic acids is 1. The summed E-state index contributed by atoms with van der Waals surface area (Å²) >= 11 is 9.13. The number of aliphatic imine (C=N–C) groups is 1. The number of aliphatic carboxylic acids is 1. The van der Waals surface area contributed by atoms with Crippen molar-refractivity contribution in [2.45, 2.75) is 26.3 Å². The summed E-state index contributed by atoms with van der Waals surface area (Å²) in [5.41, 5.74) is 1.52. The molecule has 0 aromatic heterocycles. The largest absolute Gasteiger partial charge is 0.506 e. The van der Waals surface area contributed by atoms with Gasteiger partial charge in [0, 0.05) is 29.7 Å². The molecule has 1 aliphatic heterocycles.